The number of alkyl halides is 3. The van der Waals surface area contributed by atoms with Gasteiger partial charge in [-0.2, -0.15) is 13.2 Å². The van der Waals surface area contributed by atoms with Gasteiger partial charge in [-0.3, -0.25) is 0 Å². The molecule has 0 saturated carbocycles. The van der Waals surface area contributed by atoms with E-state index < -0.39 is 11.7 Å². The number of hydrogen-bond acceptors (Lipinski definition) is 5. The van der Waals surface area contributed by atoms with Crippen LogP contribution in [0.5, 0.6) is 5.88 Å². The molecule has 0 aliphatic carbocycles. The molecule has 10 heteroatoms. The Hall–Kier alpha value is -2.13. The fraction of sp³-hybridized carbons (Fsp3) is 0.154. The smallest absolute Gasteiger partial charge is 0.417 e. The third-order valence-electron chi connectivity index (χ3n) is 2.76. The summed E-state index contributed by atoms with van der Waals surface area (Å²) < 4.78 is 44.5. The Morgan fingerprint density at radius 2 is 2.17 bits per heavy atom. The predicted molar refractivity (Wildman–Crippen MR) is 77.8 cm³/mol. The van der Waals surface area contributed by atoms with Crippen LogP contribution < -0.4 is 4.74 Å². The van der Waals surface area contributed by atoms with Gasteiger partial charge >= 0.3 is 6.18 Å². The third-order valence-corrected chi connectivity index (χ3v) is 3.89. The summed E-state index contributed by atoms with van der Waals surface area (Å²) in [6.07, 6.45) is -2.17. The van der Waals surface area contributed by atoms with Crippen molar-refractivity contribution < 1.29 is 17.9 Å². The van der Waals surface area contributed by atoms with Crippen LogP contribution in [0.2, 0.25) is 5.02 Å². The molecular formula is C13H8ClF3N4OS. The van der Waals surface area contributed by atoms with Gasteiger partial charge in [0.25, 0.3) is 0 Å². The van der Waals surface area contributed by atoms with E-state index in [0.717, 1.165) is 11.1 Å². The third kappa shape index (κ3) is 3.62. The number of rotatable bonds is 4. The van der Waals surface area contributed by atoms with Crippen molar-refractivity contribution in [2.45, 2.75) is 12.8 Å². The zero-order valence-corrected chi connectivity index (χ0v) is 12.9. The minimum atomic E-state index is -4.50. The lowest BCUT2D eigenvalue weighted by atomic mass is 10.3. The standard InChI is InChI=1S/C13H8ClF3N4OS/c14-10-4-8(13(15,16)17)5-18-12(10)22-7-9-6-21(20-19-9)11-2-1-3-23-11/h1-6H,7H2. The van der Waals surface area contributed by atoms with E-state index in [9.17, 15) is 13.2 Å². The Bertz CT molecular complexity index is 804. The molecule has 120 valence electrons. The first kappa shape index (κ1) is 15.8. The highest BCUT2D eigenvalue weighted by Gasteiger charge is 2.31. The SMILES string of the molecule is FC(F)(F)c1cnc(OCc2cn(-c3cccs3)nn2)c(Cl)c1. The summed E-state index contributed by atoms with van der Waals surface area (Å²) in [6.45, 7) is -0.0105. The van der Waals surface area contributed by atoms with Gasteiger partial charge in [-0.1, -0.05) is 16.8 Å². The van der Waals surface area contributed by atoms with Crippen molar-refractivity contribution in [2.24, 2.45) is 0 Å². The van der Waals surface area contributed by atoms with Gasteiger partial charge < -0.3 is 4.74 Å². The normalized spacial score (nSPS) is 11.7. The first-order valence-corrected chi connectivity index (χ1v) is 7.50. The summed E-state index contributed by atoms with van der Waals surface area (Å²) in [7, 11) is 0. The highest BCUT2D eigenvalue weighted by molar-refractivity contribution is 7.12. The fourth-order valence-corrected chi connectivity index (χ4v) is 2.57. The van der Waals surface area contributed by atoms with Gasteiger partial charge in [0, 0.05) is 6.20 Å². The number of thiophene rings is 1. The molecule has 5 nitrogen and oxygen atoms in total. The van der Waals surface area contributed by atoms with E-state index in [0.29, 0.717) is 11.9 Å². The van der Waals surface area contributed by atoms with Crippen molar-refractivity contribution in [2.75, 3.05) is 0 Å². The fourth-order valence-electron chi connectivity index (χ4n) is 1.70. The lowest BCUT2D eigenvalue weighted by Gasteiger charge is -2.09. The molecule has 0 amide bonds. The largest absolute Gasteiger partial charge is 0.470 e. The van der Waals surface area contributed by atoms with Gasteiger partial charge in [0.2, 0.25) is 5.88 Å². The summed E-state index contributed by atoms with van der Waals surface area (Å²) in [4.78, 5) is 3.59. The molecule has 0 atom stereocenters. The maximum absolute atomic E-state index is 12.5. The Morgan fingerprint density at radius 1 is 1.35 bits per heavy atom. The van der Waals surface area contributed by atoms with Crippen molar-refractivity contribution in [1.82, 2.24) is 20.0 Å². The van der Waals surface area contributed by atoms with Gasteiger partial charge in [-0.25, -0.2) is 9.67 Å². The number of nitrogens with zero attached hydrogens (tertiary/aromatic N) is 4. The molecule has 0 radical (unpaired) electrons. The molecule has 23 heavy (non-hydrogen) atoms. The van der Waals surface area contributed by atoms with Crippen LogP contribution >= 0.6 is 22.9 Å². The summed E-state index contributed by atoms with van der Waals surface area (Å²) >= 11 is 7.25. The van der Waals surface area contributed by atoms with Crippen LogP contribution in [0, 0.1) is 0 Å². The minimum Gasteiger partial charge on any atom is -0.470 e. The quantitative estimate of drug-likeness (QED) is 0.706. The molecule has 0 aliphatic rings. The van der Waals surface area contributed by atoms with Crippen LogP contribution in [0.1, 0.15) is 11.3 Å². The molecule has 0 spiro atoms. The van der Waals surface area contributed by atoms with Crippen LogP contribution in [-0.4, -0.2) is 20.0 Å². The molecule has 0 fully saturated rings. The van der Waals surface area contributed by atoms with E-state index in [1.807, 2.05) is 17.5 Å². The molecule has 3 heterocycles. The summed E-state index contributed by atoms with van der Waals surface area (Å²) in [5, 5.41) is 10.4. The Balaban J connectivity index is 1.69. The number of ether oxygens (including phenoxy) is 1. The molecule has 0 aliphatic heterocycles. The van der Waals surface area contributed by atoms with Crippen molar-refractivity contribution >= 4 is 22.9 Å². The van der Waals surface area contributed by atoms with E-state index in [4.69, 9.17) is 16.3 Å². The Kier molecular flexibility index (Phi) is 4.22. The van der Waals surface area contributed by atoms with Gasteiger partial charge in [0.05, 0.1) is 11.8 Å². The maximum atomic E-state index is 12.5. The van der Waals surface area contributed by atoms with Gasteiger partial charge in [0.1, 0.15) is 22.3 Å². The molecule has 0 aromatic carbocycles. The Labute approximate surface area is 137 Å². The van der Waals surface area contributed by atoms with Crippen LogP contribution in [0.25, 0.3) is 5.00 Å². The van der Waals surface area contributed by atoms with Crippen molar-refractivity contribution in [3.05, 3.63) is 52.3 Å². The number of hydrogen-bond donors (Lipinski definition) is 0. The second kappa shape index (κ2) is 6.17. The Morgan fingerprint density at radius 3 is 2.83 bits per heavy atom. The first-order chi connectivity index (χ1) is 10.9. The van der Waals surface area contributed by atoms with Crippen molar-refractivity contribution in [3.8, 4) is 10.9 Å². The zero-order valence-electron chi connectivity index (χ0n) is 11.3. The van der Waals surface area contributed by atoms with Crippen molar-refractivity contribution in [3.63, 3.8) is 0 Å². The number of halogens is 4. The van der Waals surface area contributed by atoms with Gasteiger partial charge in [-0.05, 0) is 23.6 Å². The second-order valence-electron chi connectivity index (χ2n) is 4.40. The summed E-state index contributed by atoms with van der Waals surface area (Å²) in [5.41, 5.74) is -0.436. The number of pyridine rings is 1. The van der Waals surface area contributed by atoms with Crippen LogP contribution in [0.3, 0.4) is 0 Å². The summed E-state index contributed by atoms with van der Waals surface area (Å²) in [5.74, 6) is -0.0923. The molecule has 3 aromatic heterocycles. The second-order valence-corrected chi connectivity index (χ2v) is 5.74. The van der Waals surface area contributed by atoms with Crippen LogP contribution in [-0.2, 0) is 12.8 Å². The average Bonchev–Trinajstić information content (AvgIpc) is 3.16. The minimum absolute atomic E-state index is 0.0105. The molecule has 0 N–H and O–H groups in total. The van der Waals surface area contributed by atoms with E-state index >= 15 is 0 Å². The first-order valence-electron chi connectivity index (χ1n) is 6.24. The predicted octanol–water partition coefficient (Wildman–Crippen LogP) is 3.98. The molecule has 0 saturated heterocycles. The molecule has 0 bridgehead atoms. The van der Waals surface area contributed by atoms with Crippen LogP contribution in [0.15, 0.2) is 36.0 Å². The van der Waals surface area contributed by atoms with Gasteiger partial charge in [-0.15, -0.1) is 16.4 Å². The molecule has 3 rings (SSSR count). The lowest BCUT2D eigenvalue weighted by molar-refractivity contribution is -0.137. The summed E-state index contributed by atoms with van der Waals surface area (Å²) in [6, 6.07) is 4.52. The molecule has 3 aromatic rings. The van der Waals surface area contributed by atoms with Gasteiger partial charge in [0.15, 0.2) is 0 Å². The van der Waals surface area contributed by atoms with E-state index in [1.54, 1.807) is 10.9 Å². The monoisotopic (exact) mass is 360 g/mol. The van der Waals surface area contributed by atoms with E-state index in [-0.39, 0.29) is 17.5 Å². The van der Waals surface area contributed by atoms with Crippen LogP contribution in [0.4, 0.5) is 13.2 Å². The molecule has 0 unspecified atom stereocenters. The average molecular weight is 361 g/mol. The zero-order chi connectivity index (χ0) is 16.4. The lowest BCUT2D eigenvalue weighted by Crippen LogP contribution is -2.06. The highest BCUT2D eigenvalue weighted by Crippen LogP contribution is 2.33. The van der Waals surface area contributed by atoms with E-state index in [2.05, 4.69) is 15.3 Å². The highest BCUT2D eigenvalue weighted by atomic mass is 35.5. The van der Waals surface area contributed by atoms with Crippen molar-refractivity contribution in [1.29, 1.82) is 0 Å². The maximum Gasteiger partial charge on any atom is 0.417 e. The topological polar surface area (TPSA) is 52.8 Å². The number of aromatic nitrogens is 4. The molecular weight excluding hydrogens is 353 g/mol. The van der Waals surface area contributed by atoms with E-state index in [1.165, 1.54) is 11.3 Å².